The minimum absolute atomic E-state index is 0.0502. The first-order valence-electron chi connectivity index (χ1n) is 8.15. The molecule has 0 unspecified atom stereocenters. The van der Waals surface area contributed by atoms with Gasteiger partial charge in [-0.2, -0.15) is 0 Å². The van der Waals surface area contributed by atoms with E-state index in [0.717, 1.165) is 5.56 Å². The predicted molar refractivity (Wildman–Crippen MR) is 96.9 cm³/mol. The molecule has 2 aromatic heterocycles. The highest BCUT2D eigenvalue weighted by Crippen LogP contribution is 2.27. The third kappa shape index (κ3) is 3.95. The third-order valence-corrected chi connectivity index (χ3v) is 3.75. The number of hydrogen-bond donors (Lipinski definition) is 0. The highest BCUT2D eigenvalue weighted by molar-refractivity contribution is 5.90. The zero-order chi connectivity index (χ0) is 19.4. The Kier molecular flexibility index (Phi) is 5.16. The van der Waals surface area contributed by atoms with Crippen molar-refractivity contribution in [1.82, 2.24) is 5.16 Å². The van der Waals surface area contributed by atoms with E-state index in [-0.39, 0.29) is 23.1 Å². The number of carbonyl (C=O) groups is 1. The van der Waals surface area contributed by atoms with Crippen LogP contribution in [0.3, 0.4) is 0 Å². The monoisotopic (exact) mass is 368 g/mol. The van der Waals surface area contributed by atoms with Crippen LogP contribution in [0.25, 0.3) is 23.5 Å². The number of nitro groups is 1. The zero-order valence-electron chi connectivity index (χ0n) is 14.7. The topological polar surface area (TPSA) is 109 Å². The number of aromatic nitrogens is 1. The minimum Gasteiger partial charge on any atom is -0.462 e. The molecule has 8 heteroatoms. The van der Waals surface area contributed by atoms with Crippen molar-refractivity contribution in [3.05, 3.63) is 69.3 Å². The van der Waals surface area contributed by atoms with Crippen LogP contribution < -0.4 is 0 Å². The number of hydrogen-bond acceptors (Lipinski definition) is 7. The molecule has 0 spiro atoms. The summed E-state index contributed by atoms with van der Waals surface area (Å²) < 4.78 is 15.6. The highest BCUT2D eigenvalue weighted by Gasteiger charge is 2.22. The lowest BCUT2D eigenvalue weighted by Gasteiger charge is -2.02. The summed E-state index contributed by atoms with van der Waals surface area (Å²) in [5.41, 5.74) is 1.28. The maximum atomic E-state index is 11.7. The van der Waals surface area contributed by atoms with Crippen LogP contribution in [0.5, 0.6) is 0 Å². The summed E-state index contributed by atoms with van der Waals surface area (Å²) in [6.45, 7) is 3.57. The van der Waals surface area contributed by atoms with Gasteiger partial charge in [-0.25, -0.2) is 4.79 Å². The van der Waals surface area contributed by atoms with E-state index in [1.54, 1.807) is 49.4 Å². The van der Waals surface area contributed by atoms with Gasteiger partial charge in [0.05, 0.1) is 17.1 Å². The quantitative estimate of drug-likeness (QED) is 0.358. The number of aryl methyl sites for hydroxylation is 1. The van der Waals surface area contributed by atoms with Crippen LogP contribution in [0.4, 0.5) is 5.69 Å². The van der Waals surface area contributed by atoms with Crippen molar-refractivity contribution < 1.29 is 23.4 Å². The van der Waals surface area contributed by atoms with Crippen molar-refractivity contribution in [2.24, 2.45) is 0 Å². The molecule has 1 aromatic carbocycles. The lowest BCUT2D eigenvalue weighted by molar-refractivity contribution is -0.386. The first-order valence-corrected chi connectivity index (χ1v) is 8.15. The molecule has 0 bridgehead atoms. The van der Waals surface area contributed by atoms with Gasteiger partial charge in [0.25, 0.3) is 0 Å². The van der Waals surface area contributed by atoms with Crippen LogP contribution in [0.2, 0.25) is 0 Å². The van der Waals surface area contributed by atoms with Crippen molar-refractivity contribution in [3.63, 3.8) is 0 Å². The van der Waals surface area contributed by atoms with Crippen LogP contribution in [-0.2, 0) is 4.74 Å². The SMILES string of the molecule is CCOC(=O)c1ccc(-c2ccc(C=Cc3onc(C)c3[N+](=O)[O-])o2)cc1. The summed E-state index contributed by atoms with van der Waals surface area (Å²) >= 11 is 0. The second-order valence-corrected chi connectivity index (χ2v) is 5.57. The van der Waals surface area contributed by atoms with Crippen LogP contribution in [-0.4, -0.2) is 22.7 Å². The largest absolute Gasteiger partial charge is 0.462 e. The molecule has 3 aromatic rings. The number of esters is 1. The van der Waals surface area contributed by atoms with Crippen molar-refractivity contribution >= 4 is 23.8 Å². The van der Waals surface area contributed by atoms with E-state index >= 15 is 0 Å². The second kappa shape index (κ2) is 7.69. The summed E-state index contributed by atoms with van der Waals surface area (Å²) in [7, 11) is 0. The summed E-state index contributed by atoms with van der Waals surface area (Å²) in [5, 5.41) is 14.6. The summed E-state index contributed by atoms with van der Waals surface area (Å²) in [5.74, 6) is 0.751. The average Bonchev–Trinajstić information content (AvgIpc) is 3.27. The van der Waals surface area contributed by atoms with Gasteiger partial charge in [-0.05, 0) is 50.3 Å². The molecule has 3 rings (SSSR count). The number of furan rings is 1. The molecule has 0 atom stereocenters. The average molecular weight is 368 g/mol. The summed E-state index contributed by atoms with van der Waals surface area (Å²) in [4.78, 5) is 22.2. The van der Waals surface area contributed by atoms with E-state index < -0.39 is 4.92 Å². The molecule has 138 valence electrons. The molecule has 0 aliphatic carbocycles. The van der Waals surface area contributed by atoms with Crippen LogP contribution in [0, 0.1) is 17.0 Å². The van der Waals surface area contributed by atoms with E-state index in [2.05, 4.69) is 5.16 Å². The molecule has 8 nitrogen and oxygen atoms in total. The Bertz CT molecular complexity index is 998. The van der Waals surface area contributed by atoms with Gasteiger partial charge in [-0.1, -0.05) is 17.3 Å². The molecule has 0 amide bonds. The number of rotatable bonds is 6. The lowest BCUT2D eigenvalue weighted by atomic mass is 10.1. The Balaban J connectivity index is 1.77. The molecule has 0 aliphatic heterocycles. The predicted octanol–water partition coefficient (Wildman–Crippen LogP) is 4.50. The van der Waals surface area contributed by atoms with Gasteiger partial charge in [-0.3, -0.25) is 10.1 Å². The van der Waals surface area contributed by atoms with E-state index in [1.165, 1.54) is 13.0 Å². The number of ether oxygens (including phenoxy) is 1. The van der Waals surface area contributed by atoms with Gasteiger partial charge in [0.2, 0.25) is 5.76 Å². The Labute approximate surface area is 154 Å². The molecular weight excluding hydrogens is 352 g/mol. The van der Waals surface area contributed by atoms with E-state index in [1.807, 2.05) is 0 Å². The molecule has 0 radical (unpaired) electrons. The fraction of sp³-hybridized carbons (Fsp3) is 0.158. The van der Waals surface area contributed by atoms with Crippen molar-refractivity contribution in [2.45, 2.75) is 13.8 Å². The fourth-order valence-electron chi connectivity index (χ4n) is 2.45. The van der Waals surface area contributed by atoms with Gasteiger partial charge in [0.1, 0.15) is 11.5 Å². The van der Waals surface area contributed by atoms with Gasteiger partial charge >= 0.3 is 11.7 Å². The Hall–Kier alpha value is -3.68. The summed E-state index contributed by atoms with van der Waals surface area (Å²) in [6, 6.07) is 10.3. The van der Waals surface area contributed by atoms with E-state index in [9.17, 15) is 14.9 Å². The van der Waals surface area contributed by atoms with Crippen LogP contribution in [0.1, 0.15) is 34.5 Å². The molecule has 0 saturated heterocycles. The van der Waals surface area contributed by atoms with Gasteiger partial charge in [-0.15, -0.1) is 0 Å². The van der Waals surface area contributed by atoms with Crippen molar-refractivity contribution in [2.75, 3.05) is 6.61 Å². The third-order valence-electron chi connectivity index (χ3n) is 3.75. The maximum Gasteiger partial charge on any atom is 0.338 e. The number of carbonyl (C=O) groups excluding carboxylic acids is 1. The van der Waals surface area contributed by atoms with Crippen molar-refractivity contribution in [3.8, 4) is 11.3 Å². The smallest absolute Gasteiger partial charge is 0.338 e. The van der Waals surface area contributed by atoms with Gasteiger partial charge in [0.15, 0.2) is 5.69 Å². The molecule has 0 fully saturated rings. The highest BCUT2D eigenvalue weighted by atomic mass is 16.6. The molecule has 2 heterocycles. The fourth-order valence-corrected chi connectivity index (χ4v) is 2.45. The van der Waals surface area contributed by atoms with Gasteiger partial charge < -0.3 is 13.7 Å². The Morgan fingerprint density at radius 2 is 1.96 bits per heavy atom. The standard InChI is InChI=1S/C19H16N2O6/c1-3-25-19(22)14-6-4-13(5-7-14)16-10-8-15(26-16)9-11-17-18(21(23)24)12(2)20-27-17/h4-11H,3H2,1-2H3. The van der Waals surface area contributed by atoms with E-state index in [0.29, 0.717) is 23.7 Å². The molecular formula is C19H16N2O6. The molecule has 0 aliphatic rings. The number of nitrogens with zero attached hydrogens (tertiary/aromatic N) is 2. The second-order valence-electron chi connectivity index (χ2n) is 5.57. The number of benzene rings is 1. The zero-order valence-corrected chi connectivity index (χ0v) is 14.7. The lowest BCUT2D eigenvalue weighted by Crippen LogP contribution is -2.03. The molecule has 0 saturated carbocycles. The Morgan fingerprint density at radius 3 is 2.63 bits per heavy atom. The molecule has 0 N–H and O–H groups in total. The first-order chi connectivity index (χ1) is 13.0. The summed E-state index contributed by atoms with van der Waals surface area (Å²) in [6.07, 6.45) is 2.99. The van der Waals surface area contributed by atoms with Crippen molar-refractivity contribution in [1.29, 1.82) is 0 Å². The Morgan fingerprint density at radius 1 is 1.22 bits per heavy atom. The van der Waals surface area contributed by atoms with Gasteiger partial charge in [0, 0.05) is 5.56 Å². The van der Waals surface area contributed by atoms with E-state index in [4.69, 9.17) is 13.7 Å². The van der Waals surface area contributed by atoms with Crippen LogP contribution >= 0.6 is 0 Å². The molecule has 27 heavy (non-hydrogen) atoms. The minimum atomic E-state index is -0.538. The van der Waals surface area contributed by atoms with Crippen LogP contribution in [0.15, 0.2) is 45.3 Å². The first kappa shape index (κ1) is 18.1. The normalized spacial score (nSPS) is 11.0. The maximum absolute atomic E-state index is 11.7.